The number of rotatable bonds is 3. The van der Waals surface area contributed by atoms with Gasteiger partial charge in [0.1, 0.15) is 0 Å². The molecule has 0 aromatic carbocycles. The average molecular weight is 306 g/mol. The molecule has 0 bridgehead atoms. The molecule has 2 aliphatic heterocycles. The lowest BCUT2D eigenvalue weighted by Crippen LogP contribution is -2.56. The van der Waals surface area contributed by atoms with E-state index in [1.165, 1.54) is 58.0 Å². The Hall–Kier alpha value is -0.610. The van der Waals surface area contributed by atoms with Gasteiger partial charge in [-0.2, -0.15) is 0 Å². The Morgan fingerprint density at radius 2 is 1.77 bits per heavy atom. The summed E-state index contributed by atoms with van der Waals surface area (Å²) >= 11 is 0. The molecule has 4 fully saturated rings. The minimum Gasteiger partial charge on any atom is -0.393 e. The van der Waals surface area contributed by atoms with Crippen molar-refractivity contribution in [2.24, 2.45) is 11.8 Å². The molecule has 2 saturated heterocycles. The Kier molecular flexibility index (Phi) is 3.93. The number of hydrogen-bond acceptors (Lipinski definition) is 3. The summed E-state index contributed by atoms with van der Waals surface area (Å²) in [5, 5.41) is 9.40. The van der Waals surface area contributed by atoms with Crippen LogP contribution in [0.1, 0.15) is 57.8 Å². The van der Waals surface area contributed by atoms with E-state index in [1.54, 1.807) is 0 Å². The fraction of sp³-hybridized carbons (Fsp3) is 0.944. The highest BCUT2D eigenvalue weighted by Crippen LogP contribution is 2.41. The normalized spacial score (nSPS) is 35.4. The molecule has 0 radical (unpaired) electrons. The van der Waals surface area contributed by atoms with Crippen molar-refractivity contribution in [1.82, 2.24) is 9.80 Å². The third kappa shape index (κ3) is 2.58. The van der Waals surface area contributed by atoms with Crippen molar-refractivity contribution in [3.8, 4) is 0 Å². The van der Waals surface area contributed by atoms with E-state index in [1.807, 2.05) is 0 Å². The summed E-state index contributed by atoms with van der Waals surface area (Å²) in [5.41, 5.74) is 0.408. The zero-order valence-electron chi connectivity index (χ0n) is 13.7. The Morgan fingerprint density at radius 3 is 2.36 bits per heavy atom. The van der Waals surface area contributed by atoms with Gasteiger partial charge in [0.2, 0.25) is 5.91 Å². The lowest BCUT2D eigenvalue weighted by molar-refractivity contribution is -0.145. The standard InChI is InChI=1S/C18H30N2O2/c21-16-11-15(12-16)17(22)19-9-6-18(7-10-19)5-2-8-20(18)13-14-3-1-4-14/h14-16,21H,1-13H2. The molecule has 1 N–H and O–H groups in total. The van der Waals surface area contributed by atoms with Crippen molar-refractivity contribution in [3.05, 3.63) is 0 Å². The first-order chi connectivity index (χ1) is 10.7. The lowest BCUT2D eigenvalue weighted by Gasteiger charge is -2.48. The van der Waals surface area contributed by atoms with Crippen LogP contribution in [-0.2, 0) is 4.79 Å². The molecule has 4 nitrogen and oxygen atoms in total. The van der Waals surface area contributed by atoms with Crippen LogP contribution in [0, 0.1) is 11.8 Å². The molecule has 2 heterocycles. The van der Waals surface area contributed by atoms with Gasteiger partial charge >= 0.3 is 0 Å². The number of carbonyl (C=O) groups is 1. The van der Waals surface area contributed by atoms with Crippen LogP contribution in [0.15, 0.2) is 0 Å². The molecule has 0 atom stereocenters. The molecule has 1 spiro atoms. The van der Waals surface area contributed by atoms with Gasteiger partial charge in [0.15, 0.2) is 0 Å². The molecule has 0 aromatic rings. The van der Waals surface area contributed by atoms with Gasteiger partial charge in [0, 0.05) is 31.1 Å². The van der Waals surface area contributed by atoms with Gasteiger partial charge < -0.3 is 10.0 Å². The van der Waals surface area contributed by atoms with E-state index in [9.17, 15) is 9.90 Å². The van der Waals surface area contributed by atoms with Gasteiger partial charge in [-0.3, -0.25) is 9.69 Å². The van der Waals surface area contributed by atoms with E-state index in [-0.39, 0.29) is 12.0 Å². The first-order valence-corrected chi connectivity index (χ1v) is 9.38. The number of amides is 1. The molecule has 4 rings (SSSR count). The highest BCUT2D eigenvalue weighted by atomic mass is 16.3. The third-order valence-electron chi connectivity index (χ3n) is 6.91. The largest absolute Gasteiger partial charge is 0.393 e. The maximum atomic E-state index is 12.4. The van der Waals surface area contributed by atoms with E-state index < -0.39 is 0 Å². The summed E-state index contributed by atoms with van der Waals surface area (Å²) in [6.07, 6.45) is 10.5. The van der Waals surface area contributed by atoms with Crippen molar-refractivity contribution < 1.29 is 9.90 Å². The fourth-order valence-corrected chi connectivity index (χ4v) is 5.02. The zero-order valence-corrected chi connectivity index (χ0v) is 13.7. The zero-order chi connectivity index (χ0) is 15.2. The summed E-state index contributed by atoms with van der Waals surface area (Å²) in [6.45, 7) is 4.46. The first-order valence-electron chi connectivity index (χ1n) is 9.38. The number of nitrogens with zero attached hydrogens (tertiary/aromatic N) is 2. The van der Waals surface area contributed by atoms with Gasteiger partial charge in [0.25, 0.3) is 0 Å². The number of piperidine rings is 1. The summed E-state index contributed by atoms with van der Waals surface area (Å²) in [4.78, 5) is 17.3. The van der Waals surface area contributed by atoms with Crippen LogP contribution in [0.3, 0.4) is 0 Å². The van der Waals surface area contributed by atoms with Crippen molar-refractivity contribution in [1.29, 1.82) is 0 Å². The fourth-order valence-electron chi connectivity index (χ4n) is 5.02. The van der Waals surface area contributed by atoms with E-state index in [4.69, 9.17) is 0 Å². The third-order valence-corrected chi connectivity index (χ3v) is 6.91. The molecule has 4 heteroatoms. The number of hydrogen-bond donors (Lipinski definition) is 1. The lowest BCUT2D eigenvalue weighted by atomic mass is 9.79. The monoisotopic (exact) mass is 306 g/mol. The van der Waals surface area contributed by atoms with E-state index >= 15 is 0 Å². The molecule has 0 aromatic heterocycles. The van der Waals surface area contributed by atoms with Crippen molar-refractivity contribution in [3.63, 3.8) is 0 Å². The minimum absolute atomic E-state index is 0.110. The van der Waals surface area contributed by atoms with Gasteiger partial charge in [0.05, 0.1) is 6.10 Å². The van der Waals surface area contributed by atoms with Gasteiger partial charge in [-0.05, 0) is 63.8 Å². The van der Waals surface area contributed by atoms with Gasteiger partial charge in [-0.1, -0.05) is 6.42 Å². The second-order valence-electron chi connectivity index (χ2n) is 8.22. The van der Waals surface area contributed by atoms with Crippen LogP contribution in [0.2, 0.25) is 0 Å². The van der Waals surface area contributed by atoms with Crippen LogP contribution in [0.25, 0.3) is 0 Å². The molecule has 1 amide bonds. The Balaban J connectivity index is 1.32. The molecular weight excluding hydrogens is 276 g/mol. The van der Waals surface area contributed by atoms with Crippen LogP contribution in [0.4, 0.5) is 0 Å². The highest BCUT2D eigenvalue weighted by molar-refractivity contribution is 5.80. The molecular formula is C18H30N2O2. The predicted molar refractivity (Wildman–Crippen MR) is 85.4 cm³/mol. The summed E-state index contributed by atoms with van der Waals surface area (Å²) in [5.74, 6) is 1.37. The SMILES string of the molecule is O=C(C1CC(O)C1)N1CCC2(CCCN2CC2CCC2)CC1. The molecule has 2 saturated carbocycles. The summed E-state index contributed by atoms with van der Waals surface area (Å²) in [7, 11) is 0. The number of likely N-dealkylation sites (tertiary alicyclic amines) is 2. The topological polar surface area (TPSA) is 43.8 Å². The van der Waals surface area contributed by atoms with Crippen LogP contribution >= 0.6 is 0 Å². The van der Waals surface area contributed by atoms with Gasteiger partial charge in [-0.15, -0.1) is 0 Å². The maximum absolute atomic E-state index is 12.4. The Labute approximate surface area is 133 Å². The van der Waals surface area contributed by atoms with E-state index in [0.29, 0.717) is 24.3 Å². The maximum Gasteiger partial charge on any atom is 0.225 e. The number of carbonyl (C=O) groups excluding carboxylic acids is 1. The highest BCUT2D eigenvalue weighted by Gasteiger charge is 2.45. The second-order valence-corrected chi connectivity index (χ2v) is 8.22. The van der Waals surface area contributed by atoms with Crippen LogP contribution < -0.4 is 0 Å². The predicted octanol–water partition coefficient (Wildman–Crippen LogP) is 2.01. The Bertz CT molecular complexity index is 421. The molecule has 2 aliphatic carbocycles. The van der Waals surface area contributed by atoms with Crippen molar-refractivity contribution in [2.45, 2.75) is 69.4 Å². The van der Waals surface area contributed by atoms with Crippen LogP contribution in [0.5, 0.6) is 0 Å². The minimum atomic E-state index is -0.224. The summed E-state index contributed by atoms with van der Waals surface area (Å²) in [6, 6.07) is 0. The average Bonchev–Trinajstić information content (AvgIpc) is 2.82. The first kappa shape index (κ1) is 14.9. The Morgan fingerprint density at radius 1 is 1.05 bits per heavy atom. The smallest absolute Gasteiger partial charge is 0.225 e. The van der Waals surface area contributed by atoms with Crippen LogP contribution in [-0.4, -0.2) is 58.6 Å². The van der Waals surface area contributed by atoms with Crippen molar-refractivity contribution >= 4 is 5.91 Å². The molecule has 4 aliphatic rings. The van der Waals surface area contributed by atoms with Crippen molar-refractivity contribution in [2.75, 3.05) is 26.2 Å². The second kappa shape index (κ2) is 5.79. The summed E-state index contributed by atoms with van der Waals surface area (Å²) < 4.78 is 0. The van der Waals surface area contributed by atoms with Gasteiger partial charge in [-0.25, -0.2) is 0 Å². The molecule has 124 valence electrons. The number of aliphatic hydroxyl groups is 1. The quantitative estimate of drug-likeness (QED) is 0.867. The van der Waals surface area contributed by atoms with E-state index in [2.05, 4.69) is 9.80 Å². The molecule has 22 heavy (non-hydrogen) atoms. The molecule has 0 unspecified atom stereocenters. The number of aliphatic hydroxyl groups excluding tert-OH is 1. The van der Waals surface area contributed by atoms with E-state index in [0.717, 1.165) is 19.0 Å².